The smallest absolute Gasteiger partial charge is 0.342 e. The molecule has 0 aliphatic carbocycles. The number of rotatable bonds is 10. The van der Waals surface area contributed by atoms with Gasteiger partial charge in [0.05, 0.1) is 4.92 Å². The largest absolute Gasteiger partial charge is 0.477 e. The van der Waals surface area contributed by atoms with E-state index < -0.39 is 16.6 Å². The maximum Gasteiger partial charge on any atom is 0.342 e. The highest BCUT2D eigenvalue weighted by atomic mass is 16.6. The van der Waals surface area contributed by atoms with Crippen LogP contribution in [-0.2, 0) is 6.42 Å². The first-order chi connectivity index (χ1) is 13.4. The van der Waals surface area contributed by atoms with Crippen molar-refractivity contribution in [3.63, 3.8) is 0 Å². The van der Waals surface area contributed by atoms with Crippen molar-refractivity contribution in [3.8, 4) is 0 Å². The van der Waals surface area contributed by atoms with Crippen LogP contribution in [0.4, 0.5) is 11.4 Å². The highest BCUT2D eigenvalue weighted by Gasteiger charge is 2.19. The monoisotopic (exact) mass is 384 g/mol. The van der Waals surface area contributed by atoms with E-state index in [9.17, 15) is 20.0 Å². The number of anilines is 1. The van der Waals surface area contributed by atoms with Crippen molar-refractivity contribution in [1.82, 2.24) is 0 Å². The van der Waals surface area contributed by atoms with Crippen molar-refractivity contribution >= 4 is 29.5 Å². The summed E-state index contributed by atoms with van der Waals surface area (Å²) in [4.78, 5) is 21.5. The molecule has 0 amide bonds. The Morgan fingerprint density at radius 1 is 1.07 bits per heavy atom. The fraction of sp³-hybridized carbons (Fsp3) is 0.286. The average molecular weight is 384 g/mol. The molecular formula is C21H24N2O5. The molecule has 0 aliphatic rings. The van der Waals surface area contributed by atoms with Crippen LogP contribution in [0.1, 0.15) is 52.7 Å². The molecule has 0 bridgehead atoms. The number of aliphatic hydroxyl groups is 1. The van der Waals surface area contributed by atoms with Gasteiger partial charge in [-0.2, -0.15) is 0 Å². The number of carbonyl (C=O) groups is 1. The molecule has 0 saturated carbocycles. The molecule has 7 heteroatoms. The molecule has 0 aromatic heterocycles. The Kier molecular flexibility index (Phi) is 7.71. The second-order valence-corrected chi connectivity index (χ2v) is 6.52. The minimum Gasteiger partial charge on any atom is -0.477 e. The number of aromatic carboxylic acids is 1. The van der Waals surface area contributed by atoms with E-state index in [-0.39, 0.29) is 12.2 Å². The quantitative estimate of drug-likeness (QED) is 0.186. The number of nitro groups is 1. The minimum atomic E-state index is -1.34. The molecule has 2 aromatic carbocycles. The molecular weight excluding hydrogens is 360 g/mol. The lowest BCUT2D eigenvalue weighted by atomic mass is 9.99. The van der Waals surface area contributed by atoms with Crippen molar-refractivity contribution in [3.05, 3.63) is 68.8 Å². The van der Waals surface area contributed by atoms with Gasteiger partial charge in [0.15, 0.2) is 0 Å². The van der Waals surface area contributed by atoms with Crippen LogP contribution in [0.5, 0.6) is 0 Å². The van der Waals surface area contributed by atoms with Crippen LogP contribution in [0.25, 0.3) is 12.2 Å². The normalized spacial score (nSPS) is 11.0. The molecule has 0 aliphatic heterocycles. The van der Waals surface area contributed by atoms with Gasteiger partial charge in [-0.05, 0) is 60.2 Å². The number of nitro benzene ring substituents is 1. The Balaban J connectivity index is 2.20. The molecule has 148 valence electrons. The number of nitrogens with zero attached hydrogens (tertiary/aromatic N) is 1. The second-order valence-electron chi connectivity index (χ2n) is 6.52. The minimum absolute atomic E-state index is 0.208. The fourth-order valence-electron chi connectivity index (χ4n) is 2.96. The summed E-state index contributed by atoms with van der Waals surface area (Å²) in [5, 5.41) is 29.0. The fourth-order valence-corrected chi connectivity index (χ4v) is 2.96. The summed E-state index contributed by atoms with van der Waals surface area (Å²) in [7, 11) is 0. The Labute approximate surface area is 163 Å². The van der Waals surface area contributed by atoms with Crippen molar-refractivity contribution in [2.75, 3.05) is 12.3 Å². The maximum absolute atomic E-state index is 11.3. The first-order valence-corrected chi connectivity index (χ1v) is 9.11. The number of unbranched alkanes of at least 4 members (excludes halogenated alkanes) is 3. The van der Waals surface area contributed by atoms with Gasteiger partial charge in [0.2, 0.25) is 0 Å². The summed E-state index contributed by atoms with van der Waals surface area (Å²) in [6.45, 7) is 0.208. The van der Waals surface area contributed by atoms with Crippen LogP contribution in [0, 0.1) is 10.1 Å². The van der Waals surface area contributed by atoms with Gasteiger partial charge in [-0.25, -0.2) is 4.79 Å². The molecule has 0 atom stereocenters. The molecule has 7 nitrogen and oxygen atoms in total. The number of nitrogen functional groups attached to an aromatic ring is 1. The number of hydrogen-bond donors (Lipinski definition) is 3. The van der Waals surface area contributed by atoms with Crippen LogP contribution in [-0.4, -0.2) is 27.7 Å². The van der Waals surface area contributed by atoms with Crippen molar-refractivity contribution < 1.29 is 19.9 Å². The predicted octanol–water partition coefficient (Wildman–Crippen LogP) is 4.14. The maximum atomic E-state index is 11.3. The van der Waals surface area contributed by atoms with Crippen LogP contribution >= 0.6 is 0 Å². The Bertz CT molecular complexity index is 877. The Morgan fingerprint density at radius 2 is 1.82 bits per heavy atom. The van der Waals surface area contributed by atoms with Crippen LogP contribution in [0.2, 0.25) is 0 Å². The molecule has 2 rings (SSSR count). The number of aryl methyl sites for hydroxylation is 1. The number of hydrogen-bond acceptors (Lipinski definition) is 5. The number of carboxylic acid groups (broad SMARTS) is 1. The molecule has 0 fully saturated rings. The van der Waals surface area contributed by atoms with E-state index in [1.54, 1.807) is 12.1 Å². The van der Waals surface area contributed by atoms with Gasteiger partial charge in [0, 0.05) is 18.4 Å². The van der Waals surface area contributed by atoms with Crippen molar-refractivity contribution in [2.45, 2.75) is 32.1 Å². The SMILES string of the molecule is Nc1ccc(C=Cc2ccc([N+](=O)[O-])c(C(=O)O)c2)c(CCCCCCO)c1. The Hall–Kier alpha value is -3.19. The molecule has 0 spiro atoms. The third-order valence-corrected chi connectivity index (χ3v) is 4.42. The molecule has 0 radical (unpaired) electrons. The first kappa shape index (κ1) is 21.1. The van der Waals surface area contributed by atoms with E-state index in [1.807, 2.05) is 18.2 Å². The van der Waals surface area contributed by atoms with E-state index in [1.165, 1.54) is 18.2 Å². The number of nitrogens with two attached hydrogens (primary N) is 1. The van der Waals surface area contributed by atoms with E-state index in [0.717, 1.165) is 43.2 Å². The molecule has 0 heterocycles. The Morgan fingerprint density at radius 3 is 2.50 bits per heavy atom. The number of aliphatic hydroxyl groups excluding tert-OH is 1. The molecule has 4 N–H and O–H groups in total. The van der Waals surface area contributed by atoms with E-state index in [4.69, 9.17) is 10.8 Å². The average Bonchev–Trinajstić information content (AvgIpc) is 2.66. The lowest BCUT2D eigenvalue weighted by Crippen LogP contribution is -2.02. The summed E-state index contributed by atoms with van der Waals surface area (Å²) >= 11 is 0. The lowest BCUT2D eigenvalue weighted by molar-refractivity contribution is -0.385. The number of carboxylic acids is 1. The van der Waals surface area contributed by atoms with Crippen molar-refractivity contribution in [1.29, 1.82) is 0 Å². The van der Waals surface area contributed by atoms with Crippen molar-refractivity contribution in [2.24, 2.45) is 0 Å². The van der Waals surface area contributed by atoms with Gasteiger partial charge in [-0.3, -0.25) is 10.1 Å². The summed E-state index contributed by atoms with van der Waals surface area (Å²) in [5.74, 6) is -1.34. The van der Waals surface area contributed by atoms with Gasteiger partial charge < -0.3 is 15.9 Å². The summed E-state index contributed by atoms with van der Waals surface area (Å²) in [6, 6.07) is 9.64. The summed E-state index contributed by atoms with van der Waals surface area (Å²) in [5.41, 5.74) is 8.41. The van der Waals surface area contributed by atoms with Crippen LogP contribution in [0.3, 0.4) is 0 Å². The lowest BCUT2D eigenvalue weighted by Gasteiger charge is -2.08. The third kappa shape index (κ3) is 5.92. The zero-order valence-corrected chi connectivity index (χ0v) is 15.5. The summed E-state index contributed by atoms with van der Waals surface area (Å²) in [6.07, 6.45) is 8.21. The molecule has 2 aromatic rings. The number of benzene rings is 2. The molecule has 28 heavy (non-hydrogen) atoms. The predicted molar refractivity (Wildman–Crippen MR) is 109 cm³/mol. The third-order valence-electron chi connectivity index (χ3n) is 4.42. The van der Waals surface area contributed by atoms with Gasteiger partial charge in [0.1, 0.15) is 5.56 Å². The first-order valence-electron chi connectivity index (χ1n) is 9.11. The standard InChI is InChI=1S/C21H24N2O5/c22-18-10-9-16(17(14-18)5-3-1-2-4-12-24)8-6-15-7-11-20(23(27)28)19(13-15)21(25)26/h6-11,13-14,24H,1-5,12,22H2,(H,25,26). The zero-order chi connectivity index (χ0) is 20.5. The highest BCUT2D eigenvalue weighted by molar-refractivity contribution is 5.93. The van der Waals surface area contributed by atoms with E-state index in [2.05, 4.69) is 0 Å². The van der Waals surface area contributed by atoms with Crippen LogP contribution in [0.15, 0.2) is 36.4 Å². The van der Waals surface area contributed by atoms with Crippen LogP contribution < -0.4 is 5.73 Å². The highest BCUT2D eigenvalue weighted by Crippen LogP contribution is 2.23. The van der Waals surface area contributed by atoms with E-state index >= 15 is 0 Å². The van der Waals surface area contributed by atoms with E-state index in [0.29, 0.717) is 11.3 Å². The summed E-state index contributed by atoms with van der Waals surface area (Å²) < 4.78 is 0. The van der Waals surface area contributed by atoms with Gasteiger partial charge >= 0.3 is 5.97 Å². The van der Waals surface area contributed by atoms with Gasteiger partial charge in [0.25, 0.3) is 5.69 Å². The van der Waals surface area contributed by atoms with Gasteiger partial charge in [-0.1, -0.05) is 31.1 Å². The second kappa shape index (κ2) is 10.2. The molecule has 0 saturated heterocycles. The zero-order valence-electron chi connectivity index (χ0n) is 15.5. The topological polar surface area (TPSA) is 127 Å². The van der Waals surface area contributed by atoms with Gasteiger partial charge in [-0.15, -0.1) is 0 Å². The molecule has 0 unspecified atom stereocenters.